The maximum Gasteiger partial charge on any atom is 0.185 e. The first-order valence-electron chi connectivity index (χ1n) is 8.69. The van der Waals surface area contributed by atoms with E-state index in [9.17, 15) is 0 Å². The molecule has 0 N–H and O–H groups in total. The van der Waals surface area contributed by atoms with Crippen molar-refractivity contribution < 1.29 is 9.47 Å². The number of rotatable bonds is 1. The molecule has 4 rings (SSSR count). The van der Waals surface area contributed by atoms with Crippen LogP contribution in [0.2, 0.25) is 0 Å². The molecule has 2 bridgehead atoms. The van der Waals surface area contributed by atoms with E-state index in [1.807, 2.05) is 13.0 Å². The van der Waals surface area contributed by atoms with Gasteiger partial charge in [-0.15, -0.1) is 0 Å². The maximum absolute atomic E-state index is 6.51. The van der Waals surface area contributed by atoms with Gasteiger partial charge in [-0.1, -0.05) is 27.4 Å². The van der Waals surface area contributed by atoms with Crippen molar-refractivity contribution >= 4 is 0 Å². The first-order valence-corrected chi connectivity index (χ1v) is 8.69. The topological polar surface area (TPSA) is 18.5 Å². The second-order valence-electron chi connectivity index (χ2n) is 9.16. The lowest BCUT2D eigenvalue weighted by Crippen LogP contribution is -2.52. The molecule has 2 heteroatoms. The Balaban J connectivity index is 1.81. The van der Waals surface area contributed by atoms with Gasteiger partial charge < -0.3 is 9.47 Å². The summed E-state index contributed by atoms with van der Waals surface area (Å²) in [5.41, 5.74) is 0.694. The summed E-state index contributed by atoms with van der Waals surface area (Å²) in [6.07, 6.45) is 7.36. The SMILES string of the molecule is C=C[C@@]1(C)O[C@H]2C[C@@]34C[C@H](C(C)(C)[C@@H]3CC[C@H]4C)[C@@]2(C)O1. The number of hydrogen-bond acceptors (Lipinski definition) is 2. The Hall–Kier alpha value is -0.340. The minimum Gasteiger partial charge on any atom is -0.340 e. The highest BCUT2D eigenvalue weighted by Crippen LogP contribution is 2.75. The van der Waals surface area contributed by atoms with Gasteiger partial charge in [-0.2, -0.15) is 0 Å². The molecule has 118 valence electrons. The van der Waals surface area contributed by atoms with Gasteiger partial charge in [0.25, 0.3) is 0 Å². The van der Waals surface area contributed by atoms with Crippen LogP contribution in [0.15, 0.2) is 12.7 Å². The Morgan fingerprint density at radius 3 is 2.43 bits per heavy atom. The van der Waals surface area contributed by atoms with Crippen molar-refractivity contribution in [2.24, 2.45) is 28.6 Å². The van der Waals surface area contributed by atoms with Gasteiger partial charge in [-0.25, -0.2) is 0 Å². The second kappa shape index (κ2) is 3.76. The Morgan fingerprint density at radius 1 is 1.05 bits per heavy atom. The van der Waals surface area contributed by atoms with Crippen molar-refractivity contribution in [3.05, 3.63) is 12.7 Å². The first kappa shape index (κ1) is 14.3. The Bertz CT molecular complexity index is 498. The van der Waals surface area contributed by atoms with E-state index in [0.29, 0.717) is 16.7 Å². The van der Waals surface area contributed by atoms with E-state index in [4.69, 9.17) is 9.47 Å². The predicted octanol–water partition coefficient (Wildman–Crippen LogP) is 4.55. The van der Waals surface area contributed by atoms with E-state index in [0.717, 1.165) is 11.8 Å². The van der Waals surface area contributed by atoms with Crippen molar-refractivity contribution in [2.75, 3.05) is 0 Å². The predicted molar refractivity (Wildman–Crippen MR) is 83.8 cm³/mol. The van der Waals surface area contributed by atoms with Crippen LogP contribution < -0.4 is 0 Å². The molecule has 3 aliphatic carbocycles. The molecule has 0 unspecified atom stereocenters. The van der Waals surface area contributed by atoms with Crippen LogP contribution in [-0.4, -0.2) is 17.5 Å². The van der Waals surface area contributed by atoms with Gasteiger partial charge in [0.05, 0.1) is 11.7 Å². The van der Waals surface area contributed by atoms with Gasteiger partial charge in [0.15, 0.2) is 5.79 Å². The molecule has 0 aromatic carbocycles. The molecule has 4 aliphatic rings. The van der Waals surface area contributed by atoms with Crippen LogP contribution in [0.3, 0.4) is 0 Å². The van der Waals surface area contributed by atoms with E-state index in [1.165, 1.54) is 25.7 Å². The average molecular weight is 290 g/mol. The molecular formula is C19H30O2. The van der Waals surface area contributed by atoms with Gasteiger partial charge in [0.1, 0.15) is 0 Å². The average Bonchev–Trinajstić information content (AvgIpc) is 2.92. The van der Waals surface area contributed by atoms with Crippen LogP contribution in [-0.2, 0) is 9.47 Å². The van der Waals surface area contributed by atoms with Gasteiger partial charge in [0.2, 0.25) is 0 Å². The molecule has 7 atom stereocenters. The third-order valence-electron chi connectivity index (χ3n) is 8.01. The summed E-state index contributed by atoms with van der Waals surface area (Å²) in [4.78, 5) is 0. The highest BCUT2D eigenvalue weighted by molar-refractivity contribution is 5.22. The quantitative estimate of drug-likeness (QED) is 0.660. The summed E-state index contributed by atoms with van der Waals surface area (Å²) in [7, 11) is 0. The summed E-state index contributed by atoms with van der Waals surface area (Å²) < 4.78 is 12.9. The van der Waals surface area contributed by atoms with Crippen LogP contribution in [0, 0.1) is 28.6 Å². The fourth-order valence-corrected chi connectivity index (χ4v) is 6.95. The Kier molecular flexibility index (Phi) is 2.56. The van der Waals surface area contributed by atoms with Crippen molar-refractivity contribution in [1.82, 2.24) is 0 Å². The van der Waals surface area contributed by atoms with Gasteiger partial charge >= 0.3 is 0 Å². The molecule has 0 amide bonds. The largest absolute Gasteiger partial charge is 0.340 e. The number of ether oxygens (including phenoxy) is 2. The maximum atomic E-state index is 6.51. The summed E-state index contributed by atoms with van der Waals surface area (Å²) in [5.74, 6) is 1.66. The minimum absolute atomic E-state index is 0.151. The lowest BCUT2D eigenvalue weighted by molar-refractivity contribution is -0.157. The molecule has 0 aromatic rings. The lowest BCUT2D eigenvalue weighted by Gasteiger charge is -2.47. The van der Waals surface area contributed by atoms with Crippen molar-refractivity contribution in [2.45, 2.75) is 77.8 Å². The molecule has 21 heavy (non-hydrogen) atoms. The smallest absolute Gasteiger partial charge is 0.185 e. The Morgan fingerprint density at radius 2 is 1.76 bits per heavy atom. The van der Waals surface area contributed by atoms with E-state index in [-0.39, 0.29) is 11.7 Å². The molecule has 1 aliphatic heterocycles. The van der Waals surface area contributed by atoms with E-state index < -0.39 is 5.79 Å². The molecule has 1 spiro atoms. The lowest BCUT2D eigenvalue weighted by atomic mass is 9.63. The van der Waals surface area contributed by atoms with E-state index >= 15 is 0 Å². The fraction of sp³-hybridized carbons (Fsp3) is 0.895. The van der Waals surface area contributed by atoms with E-state index in [1.54, 1.807) is 0 Å². The van der Waals surface area contributed by atoms with Crippen LogP contribution in [0.1, 0.15) is 60.3 Å². The van der Waals surface area contributed by atoms with Crippen LogP contribution in [0.25, 0.3) is 0 Å². The van der Waals surface area contributed by atoms with Crippen molar-refractivity contribution in [3.63, 3.8) is 0 Å². The van der Waals surface area contributed by atoms with Gasteiger partial charge in [-0.05, 0) is 74.2 Å². The van der Waals surface area contributed by atoms with Crippen LogP contribution in [0.4, 0.5) is 0 Å². The summed E-state index contributed by atoms with van der Waals surface area (Å²) in [6, 6.07) is 0. The summed E-state index contributed by atoms with van der Waals surface area (Å²) in [6.45, 7) is 15.7. The summed E-state index contributed by atoms with van der Waals surface area (Å²) in [5, 5.41) is 0. The molecule has 1 saturated heterocycles. The van der Waals surface area contributed by atoms with Crippen LogP contribution in [0.5, 0.6) is 0 Å². The normalized spacial score (nSPS) is 60.6. The van der Waals surface area contributed by atoms with Crippen LogP contribution >= 0.6 is 0 Å². The molecule has 4 fully saturated rings. The second-order valence-corrected chi connectivity index (χ2v) is 9.16. The molecule has 3 saturated carbocycles. The fourth-order valence-electron chi connectivity index (χ4n) is 6.95. The number of fused-ring (bicyclic) bond motifs is 3. The highest BCUT2D eigenvalue weighted by Gasteiger charge is 2.74. The highest BCUT2D eigenvalue weighted by atomic mass is 16.8. The third kappa shape index (κ3) is 1.47. The zero-order valence-corrected chi connectivity index (χ0v) is 14.2. The van der Waals surface area contributed by atoms with Gasteiger partial charge in [-0.3, -0.25) is 0 Å². The summed E-state index contributed by atoms with van der Waals surface area (Å²) >= 11 is 0. The van der Waals surface area contributed by atoms with Crippen molar-refractivity contribution in [3.8, 4) is 0 Å². The zero-order valence-electron chi connectivity index (χ0n) is 14.2. The zero-order chi connectivity index (χ0) is 15.3. The third-order valence-corrected chi connectivity index (χ3v) is 8.01. The molecule has 1 heterocycles. The molecule has 2 nitrogen and oxygen atoms in total. The molecular weight excluding hydrogens is 260 g/mol. The van der Waals surface area contributed by atoms with Gasteiger partial charge in [0, 0.05) is 0 Å². The Labute approximate surface area is 129 Å². The van der Waals surface area contributed by atoms with E-state index in [2.05, 4.69) is 34.3 Å². The monoisotopic (exact) mass is 290 g/mol. The molecule has 0 aromatic heterocycles. The standard InChI is InChI=1S/C19H30O2/c1-7-17(5)20-15-11-19-10-14(18(15,6)21-17)16(3,4)13(19)9-8-12(19)2/h7,12-15H,1,8-11H2,2-6H3/t12-,13+,14-,15+,17+,18-,19-/m1/s1. The first-order chi connectivity index (χ1) is 9.68. The van der Waals surface area contributed by atoms with Crippen molar-refractivity contribution in [1.29, 1.82) is 0 Å². The molecule has 0 radical (unpaired) electrons. The minimum atomic E-state index is -0.603. The number of hydrogen-bond donors (Lipinski definition) is 0.